The smallest absolute Gasteiger partial charge is 0.251 e. The van der Waals surface area contributed by atoms with Crippen molar-refractivity contribution in [3.63, 3.8) is 0 Å². The second-order valence-corrected chi connectivity index (χ2v) is 10.6. The molecule has 0 bridgehead atoms. The number of hydrogen-bond acceptors (Lipinski definition) is 4. The van der Waals surface area contributed by atoms with Gasteiger partial charge in [0, 0.05) is 30.9 Å². The van der Waals surface area contributed by atoms with Crippen molar-refractivity contribution >= 4 is 5.91 Å². The van der Waals surface area contributed by atoms with Gasteiger partial charge < -0.3 is 10.4 Å². The number of nitrogens with one attached hydrogen (secondary N) is 1. The maximum atomic E-state index is 13.0. The van der Waals surface area contributed by atoms with Gasteiger partial charge in [0.1, 0.15) is 0 Å². The lowest BCUT2D eigenvalue weighted by atomic mass is 9.82. The fourth-order valence-corrected chi connectivity index (χ4v) is 5.63. The van der Waals surface area contributed by atoms with Gasteiger partial charge in [0.05, 0.1) is 18.3 Å². The van der Waals surface area contributed by atoms with Gasteiger partial charge in [0.15, 0.2) is 0 Å². The van der Waals surface area contributed by atoms with Gasteiger partial charge in [-0.05, 0) is 72.4 Å². The summed E-state index contributed by atoms with van der Waals surface area (Å²) in [6.45, 7) is 10.8. The third-order valence-electron chi connectivity index (χ3n) is 7.53. The summed E-state index contributed by atoms with van der Waals surface area (Å²) in [5.41, 5.74) is 5.00. The van der Waals surface area contributed by atoms with Crippen molar-refractivity contribution in [3.8, 4) is 0 Å². The molecule has 0 spiro atoms. The monoisotopic (exact) mass is 449 g/mol. The van der Waals surface area contributed by atoms with Crippen molar-refractivity contribution in [1.82, 2.24) is 15.2 Å². The van der Waals surface area contributed by atoms with Crippen LogP contribution in [0.15, 0.2) is 36.5 Å². The SMILES string of the molecule is Cc1ccc([C@@H](CO)NC(=O)c2ccc3c(c2)CN(CC2CCC(C)CC2)[C@@H]3C(C)C)nc1. The number of carbonyl (C=O) groups excluding carboxylic acids is 1. The molecule has 1 aliphatic carbocycles. The number of pyridine rings is 1. The average molecular weight is 450 g/mol. The lowest BCUT2D eigenvalue weighted by molar-refractivity contribution is 0.0914. The molecule has 2 aromatic rings. The third-order valence-corrected chi connectivity index (χ3v) is 7.53. The zero-order chi connectivity index (χ0) is 23.5. The molecule has 1 saturated carbocycles. The van der Waals surface area contributed by atoms with Crippen LogP contribution in [-0.4, -0.2) is 34.0 Å². The predicted octanol–water partition coefficient (Wildman–Crippen LogP) is 5.19. The van der Waals surface area contributed by atoms with E-state index in [4.69, 9.17) is 0 Å². The van der Waals surface area contributed by atoms with Gasteiger partial charge in [-0.3, -0.25) is 14.7 Å². The summed E-state index contributed by atoms with van der Waals surface area (Å²) in [4.78, 5) is 20.1. The first kappa shape index (κ1) is 23.9. The fraction of sp³-hybridized carbons (Fsp3) is 0.571. The second-order valence-electron chi connectivity index (χ2n) is 10.6. The van der Waals surface area contributed by atoms with E-state index in [9.17, 15) is 9.90 Å². The molecule has 33 heavy (non-hydrogen) atoms. The summed E-state index contributed by atoms with van der Waals surface area (Å²) in [5.74, 6) is 2.02. The van der Waals surface area contributed by atoms with E-state index in [1.165, 1.54) is 36.8 Å². The zero-order valence-corrected chi connectivity index (χ0v) is 20.6. The molecule has 0 saturated heterocycles. The van der Waals surface area contributed by atoms with Crippen LogP contribution >= 0.6 is 0 Å². The van der Waals surface area contributed by atoms with Crippen LogP contribution in [0.4, 0.5) is 0 Å². The van der Waals surface area contributed by atoms with Crippen LogP contribution in [0.2, 0.25) is 0 Å². The molecule has 2 heterocycles. The molecule has 0 unspecified atom stereocenters. The van der Waals surface area contributed by atoms with Crippen LogP contribution < -0.4 is 5.32 Å². The largest absolute Gasteiger partial charge is 0.394 e. The summed E-state index contributed by atoms with van der Waals surface area (Å²) < 4.78 is 0. The molecule has 1 aliphatic heterocycles. The second kappa shape index (κ2) is 10.4. The van der Waals surface area contributed by atoms with E-state index in [0.717, 1.165) is 30.5 Å². The molecule has 2 atom stereocenters. The van der Waals surface area contributed by atoms with E-state index in [0.29, 0.717) is 23.2 Å². The summed E-state index contributed by atoms with van der Waals surface area (Å²) in [7, 11) is 0. The van der Waals surface area contributed by atoms with Crippen LogP contribution in [-0.2, 0) is 6.54 Å². The number of aromatic nitrogens is 1. The van der Waals surface area contributed by atoms with E-state index in [2.05, 4.69) is 48.1 Å². The van der Waals surface area contributed by atoms with Gasteiger partial charge in [-0.2, -0.15) is 0 Å². The molecule has 1 amide bonds. The van der Waals surface area contributed by atoms with Gasteiger partial charge in [0.25, 0.3) is 5.91 Å². The Morgan fingerprint density at radius 2 is 1.94 bits per heavy atom. The first-order valence-electron chi connectivity index (χ1n) is 12.6. The van der Waals surface area contributed by atoms with Crippen LogP contribution in [0.1, 0.15) is 91.3 Å². The highest BCUT2D eigenvalue weighted by atomic mass is 16.3. The van der Waals surface area contributed by atoms with Crippen molar-refractivity contribution in [2.45, 2.75) is 72.0 Å². The molecular formula is C28H39N3O2. The number of aliphatic hydroxyl groups is 1. The molecule has 5 heteroatoms. The molecule has 2 N–H and O–H groups in total. The molecule has 1 aromatic carbocycles. The number of carbonyl (C=O) groups is 1. The van der Waals surface area contributed by atoms with E-state index in [-0.39, 0.29) is 12.5 Å². The fourth-order valence-electron chi connectivity index (χ4n) is 5.63. The van der Waals surface area contributed by atoms with Gasteiger partial charge in [0.2, 0.25) is 0 Å². The summed E-state index contributed by atoms with van der Waals surface area (Å²) >= 11 is 0. The van der Waals surface area contributed by atoms with E-state index < -0.39 is 6.04 Å². The van der Waals surface area contributed by atoms with E-state index >= 15 is 0 Å². The van der Waals surface area contributed by atoms with Crippen molar-refractivity contribution in [2.24, 2.45) is 17.8 Å². The highest BCUT2D eigenvalue weighted by Crippen LogP contribution is 2.41. The maximum absolute atomic E-state index is 13.0. The summed E-state index contributed by atoms with van der Waals surface area (Å²) in [6, 6.07) is 9.84. The number of rotatable bonds is 7. The summed E-state index contributed by atoms with van der Waals surface area (Å²) in [6.07, 6.45) is 7.13. The normalized spacial score (nSPS) is 24.0. The standard InChI is InChI=1S/C28H39N3O2/c1-18(2)27-24-11-10-22(28(33)30-26(17-32)25-12-7-20(4)14-29-25)13-23(24)16-31(27)15-21-8-5-19(3)6-9-21/h7,10-14,18-19,21,26-27,32H,5-6,8-9,15-17H2,1-4H3,(H,30,33)/t19?,21?,26-,27-/m1/s1. The topological polar surface area (TPSA) is 65.5 Å². The molecule has 0 radical (unpaired) electrons. The van der Waals surface area contributed by atoms with Crippen molar-refractivity contribution < 1.29 is 9.90 Å². The molecule has 1 aromatic heterocycles. The third kappa shape index (κ3) is 5.47. The minimum atomic E-state index is -0.514. The molecule has 4 rings (SSSR count). The lowest BCUT2D eigenvalue weighted by Crippen LogP contribution is -2.32. The molecule has 178 valence electrons. The van der Waals surface area contributed by atoms with Gasteiger partial charge in [-0.1, -0.05) is 45.7 Å². The molecule has 1 fully saturated rings. The van der Waals surface area contributed by atoms with E-state index in [1.54, 1.807) is 6.20 Å². The number of hydrogen-bond donors (Lipinski definition) is 2. The van der Waals surface area contributed by atoms with Gasteiger partial charge in [-0.15, -0.1) is 0 Å². The Labute approximate surface area is 198 Å². The Kier molecular flexibility index (Phi) is 7.50. The Hall–Kier alpha value is -2.24. The minimum Gasteiger partial charge on any atom is -0.394 e. The average Bonchev–Trinajstić information content (AvgIpc) is 3.16. The number of amides is 1. The van der Waals surface area contributed by atoms with Crippen molar-refractivity contribution in [1.29, 1.82) is 0 Å². The molecule has 5 nitrogen and oxygen atoms in total. The first-order chi connectivity index (χ1) is 15.9. The Morgan fingerprint density at radius 3 is 2.58 bits per heavy atom. The van der Waals surface area contributed by atoms with Gasteiger partial charge >= 0.3 is 0 Å². The number of benzene rings is 1. The van der Waals surface area contributed by atoms with E-state index in [1.807, 2.05) is 25.1 Å². The Morgan fingerprint density at radius 1 is 1.18 bits per heavy atom. The Balaban J connectivity index is 1.47. The number of fused-ring (bicyclic) bond motifs is 1. The molecule has 2 aliphatic rings. The highest BCUT2D eigenvalue weighted by Gasteiger charge is 2.34. The summed E-state index contributed by atoms with van der Waals surface area (Å²) in [5, 5.41) is 12.8. The first-order valence-corrected chi connectivity index (χ1v) is 12.6. The van der Waals surface area contributed by atoms with Crippen molar-refractivity contribution in [3.05, 3.63) is 64.5 Å². The zero-order valence-electron chi connectivity index (χ0n) is 20.6. The highest BCUT2D eigenvalue weighted by molar-refractivity contribution is 5.94. The van der Waals surface area contributed by atoms with Crippen molar-refractivity contribution in [2.75, 3.05) is 13.2 Å². The van der Waals surface area contributed by atoms with Crippen LogP contribution in [0.25, 0.3) is 0 Å². The maximum Gasteiger partial charge on any atom is 0.251 e. The molecular weight excluding hydrogens is 410 g/mol. The van der Waals surface area contributed by atoms with Gasteiger partial charge in [-0.25, -0.2) is 0 Å². The van der Waals surface area contributed by atoms with Crippen LogP contribution in [0.3, 0.4) is 0 Å². The minimum absolute atomic E-state index is 0.167. The lowest BCUT2D eigenvalue weighted by Gasteiger charge is -2.34. The van der Waals surface area contributed by atoms with Crippen LogP contribution in [0.5, 0.6) is 0 Å². The van der Waals surface area contributed by atoms with Crippen LogP contribution in [0, 0.1) is 24.7 Å². The Bertz CT molecular complexity index is 948. The number of aryl methyl sites for hydroxylation is 1. The number of nitrogens with zero attached hydrogens (tertiary/aromatic N) is 2. The number of aliphatic hydroxyl groups excluding tert-OH is 1. The quantitative estimate of drug-likeness (QED) is 0.610. The predicted molar refractivity (Wildman–Crippen MR) is 132 cm³/mol.